The average Bonchev–Trinajstić information content (AvgIpc) is 3.16. The van der Waals surface area contributed by atoms with E-state index < -0.39 is 0 Å². The summed E-state index contributed by atoms with van der Waals surface area (Å²) in [7, 11) is 1.66. The Bertz CT molecular complexity index is 960. The summed E-state index contributed by atoms with van der Waals surface area (Å²) in [6.07, 6.45) is 5.51. The predicted molar refractivity (Wildman–Crippen MR) is 118 cm³/mol. The first-order valence-electron chi connectivity index (χ1n) is 10.0. The van der Waals surface area contributed by atoms with Gasteiger partial charge in [0.25, 0.3) is 0 Å². The fourth-order valence-corrected chi connectivity index (χ4v) is 3.59. The Hall–Kier alpha value is -2.75. The molecule has 1 N–H and O–H groups in total. The van der Waals surface area contributed by atoms with Crippen LogP contribution in [0.3, 0.4) is 0 Å². The van der Waals surface area contributed by atoms with Gasteiger partial charge in [-0.1, -0.05) is 59.7 Å². The Balaban J connectivity index is 2.29. The molecule has 0 bridgehead atoms. The van der Waals surface area contributed by atoms with Gasteiger partial charge in [0, 0.05) is 18.0 Å². The summed E-state index contributed by atoms with van der Waals surface area (Å²) in [6.45, 7) is 13.0. The number of phenols is 1. The van der Waals surface area contributed by atoms with Gasteiger partial charge in [-0.2, -0.15) is 0 Å². The van der Waals surface area contributed by atoms with Crippen molar-refractivity contribution in [2.75, 3.05) is 7.11 Å². The molecular weight excluding hydrogens is 360 g/mol. The molecule has 4 nitrogen and oxygen atoms in total. The highest BCUT2D eigenvalue weighted by Gasteiger charge is 2.29. The lowest BCUT2D eigenvalue weighted by molar-refractivity contribution is 0.414. The van der Waals surface area contributed by atoms with Gasteiger partial charge in [-0.3, -0.25) is 0 Å². The Morgan fingerprint density at radius 1 is 0.966 bits per heavy atom. The number of imidazole rings is 1. The Morgan fingerprint density at radius 3 is 2.10 bits per heavy atom. The quantitative estimate of drug-likeness (QED) is 0.608. The molecule has 0 aliphatic carbocycles. The van der Waals surface area contributed by atoms with Crippen LogP contribution in [-0.4, -0.2) is 21.8 Å². The van der Waals surface area contributed by atoms with Crippen LogP contribution in [0, 0.1) is 0 Å². The van der Waals surface area contributed by atoms with Crippen LogP contribution in [0.1, 0.15) is 69.8 Å². The summed E-state index contributed by atoms with van der Waals surface area (Å²) < 4.78 is 7.37. The molecule has 0 saturated carbocycles. The van der Waals surface area contributed by atoms with Gasteiger partial charge in [-0.15, -0.1) is 0 Å². The summed E-state index contributed by atoms with van der Waals surface area (Å²) in [5, 5.41) is 11.4. The van der Waals surface area contributed by atoms with E-state index in [2.05, 4.69) is 58.7 Å². The molecule has 154 valence electrons. The highest BCUT2D eigenvalue weighted by molar-refractivity contribution is 5.53. The minimum atomic E-state index is -0.188. The molecule has 3 aromatic rings. The van der Waals surface area contributed by atoms with Crippen molar-refractivity contribution in [3.05, 3.63) is 77.4 Å². The van der Waals surface area contributed by atoms with E-state index in [1.54, 1.807) is 19.6 Å². The molecule has 1 unspecified atom stereocenters. The van der Waals surface area contributed by atoms with Gasteiger partial charge in [0.05, 0.1) is 19.5 Å². The van der Waals surface area contributed by atoms with Crippen LogP contribution in [0.25, 0.3) is 0 Å². The average molecular weight is 393 g/mol. The lowest BCUT2D eigenvalue weighted by Crippen LogP contribution is -2.20. The van der Waals surface area contributed by atoms with Gasteiger partial charge in [0.15, 0.2) is 0 Å². The van der Waals surface area contributed by atoms with Gasteiger partial charge < -0.3 is 14.4 Å². The van der Waals surface area contributed by atoms with Gasteiger partial charge >= 0.3 is 0 Å². The molecule has 0 aliphatic heterocycles. The number of aromatic nitrogens is 2. The number of ether oxygens (including phenoxy) is 1. The van der Waals surface area contributed by atoms with E-state index in [4.69, 9.17) is 4.74 Å². The Kier molecular flexibility index (Phi) is 5.48. The molecule has 29 heavy (non-hydrogen) atoms. The zero-order valence-corrected chi connectivity index (χ0v) is 18.5. The zero-order chi connectivity index (χ0) is 21.4. The monoisotopic (exact) mass is 392 g/mol. The summed E-state index contributed by atoms with van der Waals surface area (Å²) >= 11 is 0. The van der Waals surface area contributed by atoms with Crippen molar-refractivity contribution < 1.29 is 9.84 Å². The van der Waals surface area contributed by atoms with E-state index in [-0.39, 0.29) is 16.9 Å². The molecule has 0 fully saturated rings. The Labute approximate surface area is 174 Å². The molecule has 1 atom stereocenters. The van der Waals surface area contributed by atoms with Crippen molar-refractivity contribution in [2.24, 2.45) is 0 Å². The number of nitrogens with zero attached hydrogens (tertiary/aromatic N) is 2. The third-order valence-corrected chi connectivity index (χ3v) is 5.36. The molecule has 3 rings (SSSR count). The molecule has 0 aliphatic rings. The first kappa shape index (κ1) is 21.0. The lowest BCUT2D eigenvalue weighted by atomic mass is 9.77. The maximum absolute atomic E-state index is 11.4. The highest BCUT2D eigenvalue weighted by atomic mass is 16.5. The normalized spacial score (nSPS) is 13.3. The lowest BCUT2D eigenvalue weighted by Gasteiger charge is -2.30. The number of benzene rings is 2. The standard InChI is InChI=1S/C25H32N2O2/c1-24(2,3)18-14-20(23(28)21(15-18)25(4,5)6)22(27-13-12-26-16-27)17-8-10-19(29-7)11-9-17/h8-16,22,28H,1-7H3. The van der Waals surface area contributed by atoms with Crippen LogP contribution >= 0.6 is 0 Å². The number of phenolic OH excluding ortho intramolecular Hbond substituents is 1. The van der Waals surface area contributed by atoms with Crippen molar-refractivity contribution in [3.63, 3.8) is 0 Å². The van der Waals surface area contributed by atoms with Gasteiger partial charge in [0.2, 0.25) is 0 Å². The van der Waals surface area contributed by atoms with Crippen molar-refractivity contribution in [3.8, 4) is 11.5 Å². The minimum absolute atomic E-state index is 0.0398. The number of aromatic hydroxyl groups is 1. The van der Waals surface area contributed by atoms with E-state index >= 15 is 0 Å². The van der Waals surface area contributed by atoms with Crippen LogP contribution in [0.2, 0.25) is 0 Å². The second-order valence-corrected chi connectivity index (χ2v) is 9.65. The smallest absolute Gasteiger partial charge is 0.124 e. The number of hydrogen-bond donors (Lipinski definition) is 1. The largest absolute Gasteiger partial charge is 0.507 e. The highest BCUT2D eigenvalue weighted by Crippen LogP contribution is 2.42. The first-order valence-corrected chi connectivity index (χ1v) is 10.0. The molecule has 4 heteroatoms. The molecule has 1 heterocycles. The molecule has 0 spiro atoms. The number of methoxy groups -OCH3 is 1. The van der Waals surface area contributed by atoms with E-state index in [1.165, 1.54) is 5.56 Å². The SMILES string of the molecule is COc1ccc(C(c2cc(C(C)(C)C)cc(C(C)(C)C)c2O)n2ccnc2)cc1. The second kappa shape index (κ2) is 7.58. The van der Waals surface area contributed by atoms with E-state index in [1.807, 2.05) is 35.0 Å². The van der Waals surface area contributed by atoms with E-state index in [9.17, 15) is 5.11 Å². The van der Waals surface area contributed by atoms with Gasteiger partial charge in [-0.25, -0.2) is 4.98 Å². The maximum Gasteiger partial charge on any atom is 0.124 e. The van der Waals surface area contributed by atoms with Crippen LogP contribution in [0.5, 0.6) is 11.5 Å². The molecule has 1 aromatic heterocycles. The van der Waals surface area contributed by atoms with Crippen LogP contribution < -0.4 is 4.74 Å². The van der Waals surface area contributed by atoms with Gasteiger partial charge in [-0.05, 0) is 45.7 Å². The first-order chi connectivity index (χ1) is 13.5. The number of hydrogen-bond acceptors (Lipinski definition) is 3. The third kappa shape index (κ3) is 4.31. The maximum atomic E-state index is 11.4. The van der Waals surface area contributed by atoms with Crippen LogP contribution in [0.15, 0.2) is 55.1 Å². The van der Waals surface area contributed by atoms with Crippen LogP contribution in [0.4, 0.5) is 0 Å². The van der Waals surface area contributed by atoms with Crippen molar-refractivity contribution in [2.45, 2.75) is 58.4 Å². The third-order valence-electron chi connectivity index (χ3n) is 5.36. The molecule has 0 amide bonds. The fourth-order valence-electron chi connectivity index (χ4n) is 3.59. The van der Waals surface area contributed by atoms with Crippen molar-refractivity contribution in [1.29, 1.82) is 0 Å². The topological polar surface area (TPSA) is 47.3 Å². The molecule has 0 radical (unpaired) electrons. The molecule has 0 saturated heterocycles. The van der Waals surface area contributed by atoms with Crippen molar-refractivity contribution in [1.82, 2.24) is 9.55 Å². The zero-order valence-electron chi connectivity index (χ0n) is 18.5. The van der Waals surface area contributed by atoms with Crippen LogP contribution in [-0.2, 0) is 10.8 Å². The molecule has 2 aromatic carbocycles. The minimum Gasteiger partial charge on any atom is -0.507 e. The second-order valence-electron chi connectivity index (χ2n) is 9.65. The number of rotatable bonds is 4. The summed E-state index contributed by atoms with van der Waals surface area (Å²) in [5.41, 5.74) is 3.88. The predicted octanol–water partition coefficient (Wildman–Crippen LogP) is 5.83. The fraction of sp³-hybridized carbons (Fsp3) is 0.400. The summed E-state index contributed by atoms with van der Waals surface area (Å²) in [6, 6.07) is 12.1. The summed E-state index contributed by atoms with van der Waals surface area (Å²) in [5.74, 6) is 1.15. The summed E-state index contributed by atoms with van der Waals surface area (Å²) in [4.78, 5) is 4.26. The Morgan fingerprint density at radius 2 is 1.62 bits per heavy atom. The van der Waals surface area contributed by atoms with E-state index in [0.29, 0.717) is 5.75 Å². The van der Waals surface area contributed by atoms with Crippen molar-refractivity contribution >= 4 is 0 Å². The van der Waals surface area contributed by atoms with Gasteiger partial charge in [0.1, 0.15) is 11.5 Å². The van der Waals surface area contributed by atoms with E-state index in [0.717, 1.165) is 22.4 Å². The molecular formula is C25H32N2O2.